The summed E-state index contributed by atoms with van der Waals surface area (Å²) in [4.78, 5) is 10.9. The number of rotatable bonds is 5. The molecule has 1 atom stereocenters. The van der Waals surface area contributed by atoms with Crippen LogP contribution in [0, 0.1) is 11.3 Å². The van der Waals surface area contributed by atoms with Crippen molar-refractivity contribution in [1.29, 1.82) is 5.26 Å². The third-order valence-corrected chi connectivity index (χ3v) is 4.22. The Kier molecular flexibility index (Phi) is 4.85. The first kappa shape index (κ1) is 14.9. The molecule has 2 aromatic rings. The van der Waals surface area contributed by atoms with Gasteiger partial charge >= 0.3 is 5.97 Å². The second-order valence-electron chi connectivity index (χ2n) is 4.54. The number of carbonyl (C=O) groups is 1. The van der Waals surface area contributed by atoms with Gasteiger partial charge in [-0.15, -0.1) is 0 Å². The Labute approximate surface area is 125 Å². The van der Waals surface area contributed by atoms with Crippen LogP contribution in [-0.4, -0.2) is 15.3 Å². The highest BCUT2D eigenvalue weighted by atomic mass is 32.2. The summed E-state index contributed by atoms with van der Waals surface area (Å²) < 4.78 is 12.1. The maximum Gasteiger partial charge on any atom is 0.335 e. The molecule has 106 valence electrons. The zero-order chi connectivity index (χ0) is 15.2. The number of hydrogen-bond acceptors (Lipinski definition) is 3. The lowest BCUT2D eigenvalue weighted by Gasteiger charge is -2.04. The first-order valence-corrected chi connectivity index (χ1v) is 7.73. The molecule has 0 amide bonds. The van der Waals surface area contributed by atoms with Crippen LogP contribution in [0.15, 0.2) is 48.5 Å². The van der Waals surface area contributed by atoms with Crippen molar-refractivity contribution in [3.63, 3.8) is 0 Å². The van der Waals surface area contributed by atoms with E-state index in [2.05, 4.69) is 0 Å². The van der Waals surface area contributed by atoms with Gasteiger partial charge in [0.2, 0.25) is 0 Å². The van der Waals surface area contributed by atoms with Crippen molar-refractivity contribution in [2.45, 2.75) is 11.5 Å². The summed E-state index contributed by atoms with van der Waals surface area (Å²) >= 11 is 0. The summed E-state index contributed by atoms with van der Waals surface area (Å²) in [6.07, 6.45) is 0. The summed E-state index contributed by atoms with van der Waals surface area (Å²) in [5.41, 5.74) is 2.39. The van der Waals surface area contributed by atoms with Gasteiger partial charge in [0.25, 0.3) is 0 Å². The van der Waals surface area contributed by atoms with Crippen LogP contribution in [-0.2, 0) is 22.3 Å². The van der Waals surface area contributed by atoms with Crippen LogP contribution in [0.5, 0.6) is 0 Å². The van der Waals surface area contributed by atoms with Crippen LogP contribution in [0.3, 0.4) is 0 Å². The lowest BCUT2D eigenvalue weighted by molar-refractivity contribution is 0.0696. The molecule has 0 aliphatic carbocycles. The number of aromatic carboxylic acids is 1. The second kappa shape index (κ2) is 6.82. The molecule has 0 bridgehead atoms. The van der Waals surface area contributed by atoms with Gasteiger partial charge in [-0.2, -0.15) is 5.26 Å². The molecule has 21 heavy (non-hydrogen) atoms. The molecule has 0 heterocycles. The minimum absolute atomic E-state index is 0.197. The molecule has 2 aromatic carbocycles. The molecule has 0 radical (unpaired) electrons. The Bertz CT molecular complexity index is 717. The number of nitriles is 1. The molecular formula is C16H13NO3S. The van der Waals surface area contributed by atoms with Crippen molar-refractivity contribution in [2.24, 2.45) is 0 Å². The highest BCUT2D eigenvalue weighted by Crippen LogP contribution is 2.12. The lowest BCUT2D eigenvalue weighted by Crippen LogP contribution is -2.02. The molecule has 0 saturated heterocycles. The standard InChI is InChI=1S/C16H13NO3S/c17-9-12-4-6-13(7-5-12)10-21(20)11-14-2-1-3-15(8-14)16(18)19/h1-8H,10-11H2,(H,18,19). The van der Waals surface area contributed by atoms with Gasteiger partial charge in [-0.05, 0) is 35.4 Å². The third-order valence-electron chi connectivity index (χ3n) is 2.91. The molecular weight excluding hydrogens is 286 g/mol. The van der Waals surface area contributed by atoms with Gasteiger partial charge in [0, 0.05) is 22.3 Å². The van der Waals surface area contributed by atoms with Crippen LogP contribution >= 0.6 is 0 Å². The number of hydrogen-bond donors (Lipinski definition) is 1. The number of nitrogens with zero attached hydrogens (tertiary/aromatic N) is 1. The van der Waals surface area contributed by atoms with Crippen LogP contribution in [0.2, 0.25) is 0 Å². The van der Waals surface area contributed by atoms with Gasteiger partial charge in [-0.25, -0.2) is 4.79 Å². The van der Waals surface area contributed by atoms with E-state index in [4.69, 9.17) is 10.4 Å². The predicted molar refractivity (Wildman–Crippen MR) is 80.1 cm³/mol. The van der Waals surface area contributed by atoms with E-state index in [1.54, 1.807) is 42.5 Å². The molecule has 0 saturated carbocycles. The Morgan fingerprint density at radius 3 is 2.38 bits per heavy atom. The topological polar surface area (TPSA) is 78.2 Å². The van der Waals surface area contributed by atoms with E-state index in [-0.39, 0.29) is 5.56 Å². The van der Waals surface area contributed by atoms with E-state index >= 15 is 0 Å². The summed E-state index contributed by atoms with van der Waals surface area (Å²) in [6.45, 7) is 0. The van der Waals surface area contributed by atoms with Crippen LogP contribution in [0.4, 0.5) is 0 Å². The largest absolute Gasteiger partial charge is 0.478 e. The number of carboxylic acid groups (broad SMARTS) is 1. The average Bonchev–Trinajstić information content (AvgIpc) is 2.48. The van der Waals surface area contributed by atoms with Crippen molar-refractivity contribution in [3.8, 4) is 6.07 Å². The molecule has 2 rings (SSSR count). The Morgan fingerprint density at radius 1 is 1.10 bits per heavy atom. The summed E-state index contributed by atoms with van der Waals surface area (Å²) in [7, 11) is -1.13. The molecule has 1 unspecified atom stereocenters. The van der Waals surface area contributed by atoms with E-state index in [1.807, 2.05) is 6.07 Å². The zero-order valence-corrected chi connectivity index (χ0v) is 12.0. The van der Waals surface area contributed by atoms with Crippen LogP contribution in [0.1, 0.15) is 27.0 Å². The third kappa shape index (κ3) is 4.26. The lowest BCUT2D eigenvalue weighted by atomic mass is 10.1. The van der Waals surface area contributed by atoms with E-state index in [9.17, 15) is 9.00 Å². The SMILES string of the molecule is N#Cc1ccc(CS(=O)Cc2cccc(C(=O)O)c2)cc1. The maximum absolute atomic E-state index is 12.1. The quantitative estimate of drug-likeness (QED) is 0.920. The summed E-state index contributed by atoms with van der Waals surface area (Å²) in [5, 5.41) is 17.6. The van der Waals surface area contributed by atoms with E-state index < -0.39 is 16.8 Å². The van der Waals surface area contributed by atoms with Gasteiger partial charge < -0.3 is 5.11 Å². The molecule has 1 N–H and O–H groups in total. The Balaban J connectivity index is 2.02. The van der Waals surface area contributed by atoms with Crippen molar-refractivity contribution in [2.75, 3.05) is 0 Å². The predicted octanol–water partition coefficient (Wildman–Crippen LogP) is 2.71. The Hall–Kier alpha value is -2.45. The molecule has 0 fully saturated rings. The van der Waals surface area contributed by atoms with Gasteiger partial charge in [-0.1, -0.05) is 24.3 Å². The number of carboxylic acids is 1. The minimum atomic E-state index is -1.13. The molecule has 0 aromatic heterocycles. The van der Waals surface area contributed by atoms with Gasteiger partial charge in [0.15, 0.2) is 0 Å². The van der Waals surface area contributed by atoms with Crippen molar-refractivity contribution in [3.05, 3.63) is 70.8 Å². The highest BCUT2D eigenvalue weighted by molar-refractivity contribution is 7.83. The first-order valence-electron chi connectivity index (χ1n) is 6.25. The van der Waals surface area contributed by atoms with Crippen LogP contribution in [0.25, 0.3) is 0 Å². The highest BCUT2D eigenvalue weighted by Gasteiger charge is 2.07. The average molecular weight is 299 g/mol. The normalized spacial score (nSPS) is 11.6. The second-order valence-corrected chi connectivity index (χ2v) is 6.00. The summed E-state index contributed by atoms with van der Waals surface area (Å²) in [5.74, 6) is -0.306. The van der Waals surface area contributed by atoms with Gasteiger partial charge in [0.1, 0.15) is 0 Å². The molecule has 0 aliphatic heterocycles. The van der Waals surface area contributed by atoms with Crippen molar-refractivity contribution < 1.29 is 14.1 Å². The van der Waals surface area contributed by atoms with E-state index in [1.165, 1.54) is 6.07 Å². The first-order chi connectivity index (χ1) is 10.1. The minimum Gasteiger partial charge on any atom is -0.478 e. The monoisotopic (exact) mass is 299 g/mol. The molecule has 0 spiro atoms. The van der Waals surface area contributed by atoms with Crippen LogP contribution < -0.4 is 0 Å². The van der Waals surface area contributed by atoms with Crippen molar-refractivity contribution in [1.82, 2.24) is 0 Å². The van der Waals surface area contributed by atoms with E-state index in [0.717, 1.165) is 11.1 Å². The van der Waals surface area contributed by atoms with Gasteiger partial charge in [-0.3, -0.25) is 4.21 Å². The zero-order valence-electron chi connectivity index (χ0n) is 11.2. The Morgan fingerprint density at radius 2 is 1.76 bits per heavy atom. The fourth-order valence-electron chi connectivity index (χ4n) is 1.89. The summed E-state index contributed by atoms with van der Waals surface area (Å²) in [6, 6.07) is 15.4. The molecule has 5 heteroatoms. The smallest absolute Gasteiger partial charge is 0.335 e. The molecule has 4 nitrogen and oxygen atoms in total. The number of benzene rings is 2. The fraction of sp³-hybridized carbons (Fsp3) is 0.125. The maximum atomic E-state index is 12.1. The fourth-order valence-corrected chi connectivity index (χ4v) is 3.11. The van der Waals surface area contributed by atoms with Crippen molar-refractivity contribution >= 4 is 16.8 Å². The van der Waals surface area contributed by atoms with Gasteiger partial charge in [0.05, 0.1) is 17.2 Å². The molecule has 0 aliphatic rings. The van der Waals surface area contributed by atoms with E-state index in [0.29, 0.717) is 17.1 Å².